The molecule has 0 atom stereocenters. The van der Waals surface area contributed by atoms with Crippen molar-refractivity contribution in [3.8, 4) is 0 Å². The van der Waals surface area contributed by atoms with Crippen molar-refractivity contribution in [1.29, 1.82) is 0 Å². The summed E-state index contributed by atoms with van der Waals surface area (Å²) in [5.41, 5.74) is 1.32. The lowest BCUT2D eigenvalue weighted by Crippen LogP contribution is -2.33. The van der Waals surface area contributed by atoms with Gasteiger partial charge >= 0.3 is 0 Å². The third-order valence-corrected chi connectivity index (χ3v) is 3.35. The highest BCUT2D eigenvalue weighted by Crippen LogP contribution is 2.12. The van der Waals surface area contributed by atoms with Gasteiger partial charge in [0.05, 0.1) is 12.7 Å². The molecule has 2 aromatic rings. The summed E-state index contributed by atoms with van der Waals surface area (Å²) in [7, 11) is 0. The standard InChI is InChI=1S/C16H20FN3O/c1-2-3-8-20(11-13-6-4-5-7-15(13)17)16(21)9-14-10-18-12-19-14/h4-7,10,12H,2-3,8-9,11H2,1H3,(H,18,19). The number of carbonyl (C=O) groups is 1. The van der Waals surface area contributed by atoms with Crippen LogP contribution in [0.5, 0.6) is 0 Å². The van der Waals surface area contributed by atoms with Gasteiger partial charge in [-0.25, -0.2) is 9.37 Å². The summed E-state index contributed by atoms with van der Waals surface area (Å²) in [6.07, 6.45) is 5.35. The van der Waals surface area contributed by atoms with Crippen LogP contribution in [0.4, 0.5) is 4.39 Å². The minimum absolute atomic E-state index is 0.0176. The maximum Gasteiger partial charge on any atom is 0.228 e. The van der Waals surface area contributed by atoms with E-state index < -0.39 is 0 Å². The Labute approximate surface area is 124 Å². The number of aromatic nitrogens is 2. The molecule has 0 aliphatic heterocycles. The van der Waals surface area contributed by atoms with Crippen molar-refractivity contribution < 1.29 is 9.18 Å². The predicted octanol–water partition coefficient (Wildman–Crippen LogP) is 2.92. The summed E-state index contributed by atoms with van der Waals surface area (Å²) in [4.78, 5) is 20.9. The Hall–Kier alpha value is -2.17. The molecular formula is C16H20FN3O. The number of nitrogens with one attached hydrogen (secondary N) is 1. The Morgan fingerprint density at radius 3 is 2.86 bits per heavy atom. The molecule has 0 spiro atoms. The van der Waals surface area contributed by atoms with E-state index in [1.807, 2.05) is 0 Å². The van der Waals surface area contributed by atoms with Gasteiger partial charge in [0.15, 0.2) is 0 Å². The summed E-state index contributed by atoms with van der Waals surface area (Å²) in [5.74, 6) is -0.288. The zero-order valence-corrected chi connectivity index (χ0v) is 12.2. The third kappa shape index (κ3) is 4.41. The van der Waals surface area contributed by atoms with Gasteiger partial charge in [0.2, 0.25) is 5.91 Å². The minimum atomic E-state index is -0.270. The number of hydrogen-bond acceptors (Lipinski definition) is 2. The molecule has 0 saturated carbocycles. The lowest BCUT2D eigenvalue weighted by atomic mass is 10.1. The fourth-order valence-corrected chi connectivity index (χ4v) is 2.13. The number of unbranched alkanes of at least 4 members (excludes halogenated alkanes) is 1. The van der Waals surface area contributed by atoms with Crippen LogP contribution >= 0.6 is 0 Å². The molecule has 0 bridgehead atoms. The van der Waals surface area contributed by atoms with E-state index >= 15 is 0 Å². The van der Waals surface area contributed by atoms with Gasteiger partial charge in [0.1, 0.15) is 5.82 Å². The topological polar surface area (TPSA) is 49.0 Å². The molecule has 1 heterocycles. The minimum Gasteiger partial charge on any atom is -0.348 e. The number of nitrogens with zero attached hydrogens (tertiary/aromatic N) is 2. The van der Waals surface area contributed by atoms with Crippen LogP contribution < -0.4 is 0 Å². The fourth-order valence-electron chi connectivity index (χ4n) is 2.13. The maximum absolute atomic E-state index is 13.8. The summed E-state index contributed by atoms with van der Waals surface area (Å²) in [6.45, 7) is 3.01. The van der Waals surface area contributed by atoms with Gasteiger partial charge in [-0.1, -0.05) is 31.5 Å². The first-order valence-electron chi connectivity index (χ1n) is 7.19. The first-order valence-corrected chi connectivity index (χ1v) is 7.19. The Bertz CT molecular complexity index is 569. The average molecular weight is 289 g/mol. The molecule has 1 aromatic heterocycles. The van der Waals surface area contributed by atoms with E-state index in [1.165, 1.54) is 6.07 Å². The molecule has 1 amide bonds. The number of H-pyrrole nitrogens is 1. The first-order chi connectivity index (χ1) is 10.2. The van der Waals surface area contributed by atoms with Gasteiger partial charge in [-0.2, -0.15) is 0 Å². The summed E-state index contributed by atoms with van der Waals surface area (Å²) < 4.78 is 13.8. The molecule has 0 saturated heterocycles. The van der Waals surface area contributed by atoms with Gasteiger partial charge in [0, 0.05) is 30.5 Å². The normalized spacial score (nSPS) is 10.6. The van der Waals surface area contributed by atoms with Crippen molar-refractivity contribution in [3.63, 3.8) is 0 Å². The zero-order valence-electron chi connectivity index (χ0n) is 12.2. The molecule has 0 aliphatic carbocycles. The molecule has 21 heavy (non-hydrogen) atoms. The van der Waals surface area contributed by atoms with Crippen LogP contribution in [0, 0.1) is 5.82 Å². The van der Waals surface area contributed by atoms with Crippen molar-refractivity contribution >= 4 is 5.91 Å². The second kappa shape index (κ2) is 7.57. The Kier molecular flexibility index (Phi) is 5.49. The van der Waals surface area contributed by atoms with Crippen LogP contribution in [0.3, 0.4) is 0 Å². The molecule has 2 rings (SSSR count). The monoisotopic (exact) mass is 289 g/mol. The van der Waals surface area contributed by atoms with Crippen LogP contribution in [-0.2, 0) is 17.8 Å². The largest absolute Gasteiger partial charge is 0.348 e. The van der Waals surface area contributed by atoms with E-state index in [2.05, 4.69) is 16.9 Å². The van der Waals surface area contributed by atoms with Crippen LogP contribution in [0.1, 0.15) is 31.0 Å². The highest BCUT2D eigenvalue weighted by Gasteiger charge is 2.16. The molecule has 0 unspecified atom stereocenters. The molecule has 0 fully saturated rings. The number of carbonyl (C=O) groups excluding carboxylic acids is 1. The Balaban J connectivity index is 2.06. The first kappa shape index (κ1) is 15.2. The lowest BCUT2D eigenvalue weighted by Gasteiger charge is -2.22. The number of halogens is 1. The highest BCUT2D eigenvalue weighted by molar-refractivity contribution is 5.78. The van der Waals surface area contributed by atoms with Crippen molar-refractivity contribution in [2.24, 2.45) is 0 Å². The van der Waals surface area contributed by atoms with E-state index in [4.69, 9.17) is 0 Å². The van der Waals surface area contributed by atoms with Crippen molar-refractivity contribution in [3.05, 3.63) is 53.9 Å². The average Bonchev–Trinajstić information content (AvgIpc) is 2.98. The second-order valence-electron chi connectivity index (χ2n) is 5.01. The summed E-state index contributed by atoms with van der Waals surface area (Å²) in [5, 5.41) is 0. The Morgan fingerprint density at radius 2 is 2.19 bits per heavy atom. The summed E-state index contributed by atoms with van der Waals surface area (Å²) >= 11 is 0. The number of rotatable bonds is 7. The molecule has 0 aliphatic rings. The molecule has 1 N–H and O–H groups in total. The molecule has 5 heteroatoms. The second-order valence-corrected chi connectivity index (χ2v) is 5.01. The maximum atomic E-state index is 13.8. The zero-order chi connectivity index (χ0) is 15.1. The number of hydrogen-bond donors (Lipinski definition) is 1. The van der Waals surface area contributed by atoms with E-state index in [9.17, 15) is 9.18 Å². The third-order valence-electron chi connectivity index (χ3n) is 3.35. The van der Waals surface area contributed by atoms with Crippen molar-refractivity contribution in [1.82, 2.24) is 14.9 Å². The Morgan fingerprint density at radius 1 is 1.38 bits per heavy atom. The van der Waals surface area contributed by atoms with Crippen LogP contribution in [0.2, 0.25) is 0 Å². The quantitative estimate of drug-likeness (QED) is 0.852. The number of amides is 1. The number of imidazole rings is 1. The van der Waals surface area contributed by atoms with Crippen LogP contribution in [0.15, 0.2) is 36.8 Å². The molecule has 1 aromatic carbocycles. The molecule has 112 valence electrons. The van der Waals surface area contributed by atoms with Crippen molar-refractivity contribution in [2.75, 3.05) is 6.54 Å². The van der Waals surface area contributed by atoms with E-state index in [1.54, 1.807) is 35.6 Å². The predicted molar refractivity (Wildman–Crippen MR) is 79.0 cm³/mol. The van der Waals surface area contributed by atoms with Crippen LogP contribution in [0.25, 0.3) is 0 Å². The number of aromatic amines is 1. The van der Waals surface area contributed by atoms with Gasteiger partial charge in [0.25, 0.3) is 0 Å². The molecule has 0 radical (unpaired) electrons. The van der Waals surface area contributed by atoms with E-state index in [0.29, 0.717) is 18.7 Å². The van der Waals surface area contributed by atoms with Gasteiger partial charge in [-0.15, -0.1) is 0 Å². The smallest absolute Gasteiger partial charge is 0.228 e. The van der Waals surface area contributed by atoms with Crippen LogP contribution in [-0.4, -0.2) is 27.3 Å². The van der Waals surface area contributed by atoms with Gasteiger partial charge in [-0.3, -0.25) is 4.79 Å². The fraction of sp³-hybridized carbons (Fsp3) is 0.375. The van der Waals surface area contributed by atoms with Gasteiger partial charge < -0.3 is 9.88 Å². The van der Waals surface area contributed by atoms with Crippen molar-refractivity contribution in [2.45, 2.75) is 32.7 Å². The van der Waals surface area contributed by atoms with E-state index in [0.717, 1.165) is 18.5 Å². The molecular weight excluding hydrogens is 269 g/mol. The lowest BCUT2D eigenvalue weighted by molar-refractivity contribution is -0.131. The SMILES string of the molecule is CCCCN(Cc1ccccc1F)C(=O)Cc1cnc[nH]1. The highest BCUT2D eigenvalue weighted by atomic mass is 19.1. The van der Waals surface area contributed by atoms with Gasteiger partial charge in [-0.05, 0) is 12.5 Å². The number of benzene rings is 1. The molecule has 4 nitrogen and oxygen atoms in total. The summed E-state index contributed by atoms with van der Waals surface area (Å²) in [6, 6.07) is 6.59. The van der Waals surface area contributed by atoms with E-state index in [-0.39, 0.29) is 18.1 Å².